The second-order valence-corrected chi connectivity index (χ2v) is 7.88. The van der Waals surface area contributed by atoms with Crippen molar-refractivity contribution in [1.82, 2.24) is 0 Å². The minimum absolute atomic E-state index is 0.160. The first-order chi connectivity index (χ1) is 9.55. The molecule has 4 fully saturated rings. The van der Waals surface area contributed by atoms with Crippen molar-refractivity contribution < 1.29 is 9.53 Å². The van der Waals surface area contributed by atoms with E-state index in [2.05, 4.69) is 13.5 Å². The molecule has 2 nitrogen and oxygen atoms in total. The van der Waals surface area contributed by atoms with Gasteiger partial charge in [0.15, 0.2) is 0 Å². The van der Waals surface area contributed by atoms with Crippen LogP contribution < -0.4 is 0 Å². The molecule has 2 heteroatoms. The summed E-state index contributed by atoms with van der Waals surface area (Å²) in [4.78, 5) is 12.1. The summed E-state index contributed by atoms with van der Waals surface area (Å²) in [6.07, 6.45) is 7.80. The van der Waals surface area contributed by atoms with Crippen LogP contribution in [0.1, 0.15) is 52.4 Å². The topological polar surface area (TPSA) is 26.3 Å². The lowest BCUT2D eigenvalue weighted by Crippen LogP contribution is -2.47. The van der Waals surface area contributed by atoms with E-state index in [0.717, 1.165) is 42.4 Å². The molecule has 110 valence electrons. The summed E-state index contributed by atoms with van der Waals surface area (Å²) in [5.41, 5.74) is 0.386. The highest BCUT2D eigenvalue weighted by Gasteiger charge is 2.67. The standard InChI is InChI=1S/C18H26O2/c1-4-18(20-17(19)10(2)3)9-13-8-14(18)16-12-6-5-11(7-12)15(13)16/h11-16H,2,4-9H2,1,3H3/t11-,12+,13+,14+,15?,16?,18-/m1/s1. The van der Waals surface area contributed by atoms with Crippen molar-refractivity contribution in [2.75, 3.05) is 0 Å². The Bertz CT molecular complexity index is 468. The van der Waals surface area contributed by atoms with Crippen LogP contribution in [0.5, 0.6) is 0 Å². The summed E-state index contributed by atoms with van der Waals surface area (Å²) in [6, 6.07) is 0. The van der Waals surface area contributed by atoms with Gasteiger partial charge in [-0.1, -0.05) is 13.5 Å². The number of carbonyl (C=O) groups is 1. The lowest BCUT2D eigenvalue weighted by molar-refractivity contribution is -0.167. The predicted molar refractivity (Wildman–Crippen MR) is 78.0 cm³/mol. The van der Waals surface area contributed by atoms with Crippen LogP contribution in [0.3, 0.4) is 0 Å². The molecule has 2 unspecified atom stereocenters. The molecule has 0 heterocycles. The SMILES string of the molecule is C=C(C)C(=O)O[C@]1(CC)C[C@@H]2C[C@H]1C1C2[C@@H]2CC[C@H]1C2. The van der Waals surface area contributed by atoms with E-state index in [-0.39, 0.29) is 11.6 Å². The van der Waals surface area contributed by atoms with Crippen molar-refractivity contribution in [1.29, 1.82) is 0 Å². The highest BCUT2D eigenvalue weighted by Crippen LogP contribution is 2.70. The van der Waals surface area contributed by atoms with Crippen LogP contribution in [0.15, 0.2) is 12.2 Å². The average Bonchev–Trinajstić information content (AvgIpc) is 3.15. The molecular formula is C18H26O2. The van der Waals surface area contributed by atoms with Crippen molar-refractivity contribution in [3.8, 4) is 0 Å². The molecule has 0 aromatic carbocycles. The highest BCUT2D eigenvalue weighted by atomic mass is 16.6. The van der Waals surface area contributed by atoms with Crippen LogP contribution in [0.25, 0.3) is 0 Å². The van der Waals surface area contributed by atoms with Crippen LogP contribution >= 0.6 is 0 Å². The molecular weight excluding hydrogens is 248 g/mol. The van der Waals surface area contributed by atoms with Gasteiger partial charge in [0.2, 0.25) is 0 Å². The predicted octanol–water partition coefficient (Wildman–Crippen LogP) is 3.96. The molecule has 4 aliphatic carbocycles. The first-order valence-electron chi connectivity index (χ1n) is 8.44. The van der Waals surface area contributed by atoms with E-state index in [4.69, 9.17) is 4.74 Å². The Kier molecular flexibility index (Phi) is 2.66. The van der Waals surface area contributed by atoms with Gasteiger partial charge in [-0.3, -0.25) is 0 Å². The molecule has 4 rings (SSSR count). The molecule has 0 saturated heterocycles. The maximum atomic E-state index is 12.1. The van der Waals surface area contributed by atoms with E-state index < -0.39 is 0 Å². The Morgan fingerprint density at radius 2 is 1.90 bits per heavy atom. The fourth-order valence-corrected chi connectivity index (χ4v) is 6.56. The Labute approximate surface area is 122 Å². The van der Waals surface area contributed by atoms with Gasteiger partial charge in [0.05, 0.1) is 0 Å². The monoisotopic (exact) mass is 274 g/mol. The zero-order valence-corrected chi connectivity index (χ0v) is 12.7. The number of carbonyl (C=O) groups excluding carboxylic acids is 1. The van der Waals surface area contributed by atoms with Gasteiger partial charge in [0, 0.05) is 11.5 Å². The lowest BCUT2D eigenvalue weighted by atomic mass is 9.65. The van der Waals surface area contributed by atoms with Gasteiger partial charge in [-0.15, -0.1) is 0 Å². The van der Waals surface area contributed by atoms with E-state index >= 15 is 0 Å². The summed E-state index contributed by atoms with van der Waals surface area (Å²) in [7, 11) is 0. The van der Waals surface area contributed by atoms with E-state index in [0.29, 0.717) is 11.5 Å². The Hall–Kier alpha value is -0.790. The van der Waals surface area contributed by atoms with Crippen molar-refractivity contribution in [2.45, 2.75) is 58.0 Å². The summed E-state index contributed by atoms with van der Waals surface area (Å²) >= 11 is 0. The van der Waals surface area contributed by atoms with E-state index in [9.17, 15) is 4.79 Å². The zero-order chi connectivity index (χ0) is 14.1. The molecule has 0 radical (unpaired) electrons. The molecule has 0 spiro atoms. The Morgan fingerprint density at radius 3 is 2.55 bits per heavy atom. The summed E-state index contributed by atoms with van der Waals surface area (Å²) in [5, 5.41) is 0. The quantitative estimate of drug-likeness (QED) is 0.442. The highest BCUT2D eigenvalue weighted by molar-refractivity contribution is 5.87. The van der Waals surface area contributed by atoms with Crippen LogP contribution in [-0.2, 0) is 9.53 Å². The number of hydrogen-bond donors (Lipinski definition) is 0. The number of esters is 1. The molecule has 0 aromatic heterocycles. The maximum Gasteiger partial charge on any atom is 0.333 e. The van der Waals surface area contributed by atoms with Crippen LogP contribution in [-0.4, -0.2) is 11.6 Å². The van der Waals surface area contributed by atoms with Crippen molar-refractivity contribution in [3.05, 3.63) is 12.2 Å². The molecule has 7 atom stereocenters. The van der Waals surface area contributed by atoms with Crippen LogP contribution in [0, 0.1) is 35.5 Å². The minimum Gasteiger partial charge on any atom is -0.455 e. The minimum atomic E-state index is -0.167. The molecule has 0 aromatic rings. The summed E-state index contributed by atoms with van der Waals surface area (Å²) < 4.78 is 6.02. The summed E-state index contributed by atoms with van der Waals surface area (Å²) in [6.45, 7) is 7.72. The van der Waals surface area contributed by atoms with Gasteiger partial charge in [-0.2, -0.15) is 0 Å². The van der Waals surface area contributed by atoms with Gasteiger partial charge in [-0.25, -0.2) is 4.79 Å². The largest absolute Gasteiger partial charge is 0.455 e. The maximum absolute atomic E-state index is 12.1. The van der Waals surface area contributed by atoms with Crippen LogP contribution in [0.4, 0.5) is 0 Å². The number of hydrogen-bond acceptors (Lipinski definition) is 2. The van der Waals surface area contributed by atoms with Crippen molar-refractivity contribution in [3.63, 3.8) is 0 Å². The molecule has 0 aliphatic heterocycles. The molecule has 0 amide bonds. The first kappa shape index (κ1) is 12.9. The third-order valence-corrected chi connectivity index (χ3v) is 7.14. The zero-order valence-electron chi connectivity index (χ0n) is 12.7. The smallest absolute Gasteiger partial charge is 0.333 e. The normalized spacial score (nSPS) is 51.3. The van der Waals surface area contributed by atoms with E-state index in [1.165, 1.54) is 25.7 Å². The molecule has 4 bridgehead atoms. The van der Waals surface area contributed by atoms with Gasteiger partial charge >= 0.3 is 5.97 Å². The van der Waals surface area contributed by atoms with Gasteiger partial charge in [-0.05, 0) is 75.0 Å². The van der Waals surface area contributed by atoms with Gasteiger partial charge in [0.1, 0.15) is 5.60 Å². The van der Waals surface area contributed by atoms with E-state index in [1.807, 2.05) is 0 Å². The number of rotatable bonds is 3. The molecule has 4 aliphatic rings. The Morgan fingerprint density at radius 1 is 1.20 bits per heavy atom. The third-order valence-electron chi connectivity index (χ3n) is 7.14. The molecule has 0 N–H and O–H groups in total. The fraction of sp³-hybridized carbons (Fsp3) is 0.833. The second-order valence-electron chi connectivity index (χ2n) is 7.88. The number of ether oxygens (including phenoxy) is 1. The second kappa shape index (κ2) is 4.11. The third kappa shape index (κ3) is 1.48. The summed E-state index contributed by atoms with van der Waals surface area (Å²) in [5.74, 6) is 5.09. The lowest BCUT2D eigenvalue weighted by Gasteiger charge is -2.45. The first-order valence-corrected chi connectivity index (χ1v) is 8.44. The van der Waals surface area contributed by atoms with Crippen molar-refractivity contribution in [2.24, 2.45) is 35.5 Å². The van der Waals surface area contributed by atoms with Crippen LogP contribution in [0.2, 0.25) is 0 Å². The van der Waals surface area contributed by atoms with Crippen molar-refractivity contribution >= 4 is 5.97 Å². The molecule has 20 heavy (non-hydrogen) atoms. The molecule has 4 saturated carbocycles. The van der Waals surface area contributed by atoms with Gasteiger partial charge < -0.3 is 4.74 Å². The van der Waals surface area contributed by atoms with Gasteiger partial charge in [0.25, 0.3) is 0 Å². The number of fused-ring (bicyclic) bond motifs is 9. The average molecular weight is 274 g/mol. The Balaban J connectivity index is 1.62. The van der Waals surface area contributed by atoms with E-state index in [1.54, 1.807) is 6.92 Å². The fourth-order valence-electron chi connectivity index (χ4n) is 6.56.